The SMILES string of the molecule is C=CCc1ccc(C(=O)O)c2cccc(C(=O)O)c12. The van der Waals surface area contributed by atoms with Crippen LogP contribution in [0.1, 0.15) is 26.3 Å². The smallest absolute Gasteiger partial charge is 0.336 e. The number of fused-ring (bicyclic) bond motifs is 1. The van der Waals surface area contributed by atoms with E-state index in [-0.39, 0.29) is 11.1 Å². The molecule has 0 saturated heterocycles. The average molecular weight is 256 g/mol. The Bertz CT molecular complexity index is 686. The standard InChI is InChI=1S/C15H12O4/c1-2-4-9-7-8-11(14(16)17)10-5-3-6-12(13(9)10)15(18)19/h2-3,5-8H,1,4H2,(H,16,17)(H,18,19). The normalized spacial score (nSPS) is 10.3. The number of hydrogen-bond donors (Lipinski definition) is 2. The Hall–Kier alpha value is -2.62. The lowest BCUT2D eigenvalue weighted by atomic mass is 9.94. The lowest BCUT2D eigenvalue weighted by Crippen LogP contribution is -2.04. The van der Waals surface area contributed by atoms with Crippen molar-refractivity contribution in [2.24, 2.45) is 0 Å². The molecule has 96 valence electrons. The Labute approximate surface area is 109 Å². The van der Waals surface area contributed by atoms with Gasteiger partial charge in [-0.25, -0.2) is 9.59 Å². The number of aromatic carboxylic acids is 2. The Morgan fingerprint density at radius 3 is 2.32 bits per heavy atom. The molecule has 2 N–H and O–H groups in total. The van der Waals surface area contributed by atoms with Crippen molar-refractivity contribution in [3.05, 3.63) is 59.7 Å². The van der Waals surface area contributed by atoms with E-state index in [0.29, 0.717) is 17.2 Å². The van der Waals surface area contributed by atoms with Gasteiger partial charge in [-0.05, 0) is 29.5 Å². The minimum absolute atomic E-state index is 0.103. The van der Waals surface area contributed by atoms with Crippen molar-refractivity contribution in [3.63, 3.8) is 0 Å². The third-order valence-corrected chi connectivity index (χ3v) is 2.95. The van der Waals surface area contributed by atoms with Crippen LogP contribution in [0.3, 0.4) is 0 Å². The van der Waals surface area contributed by atoms with E-state index in [0.717, 1.165) is 5.56 Å². The minimum atomic E-state index is -1.07. The van der Waals surface area contributed by atoms with Gasteiger partial charge in [-0.3, -0.25) is 0 Å². The second-order valence-electron chi connectivity index (χ2n) is 4.10. The van der Waals surface area contributed by atoms with Crippen LogP contribution < -0.4 is 0 Å². The molecule has 0 saturated carbocycles. The summed E-state index contributed by atoms with van der Waals surface area (Å²) >= 11 is 0. The molecule has 0 aromatic heterocycles. The van der Waals surface area contributed by atoms with Gasteiger partial charge in [0.05, 0.1) is 11.1 Å². The first-order valence-electron chi connectivity index (χ1n) is 5.68. The maximum Gasteiger partial charge on any atom is 0.336 e. The van der Waals surface area contributed by atoms with Crippen LogP contribution in [0, 0.1) is 0 Å². The van der Waals surface area contributed by atoms with E-state index in [1.165, 1.54) is 12.1 Å². The molecule has 2 aromatic rings. The number of carboxylic acid groups (broad SMARTS) is 2. The van der Waals surface area contributed by atoms with Gasteiger partial charge in [0.25, 0.3) is 0 Å². The molecule has 2 aromatic carbocycles. The monoisotopic (exact) mass is 256 g/mol. The topological polar surface area (TPSA) is 74.6 Å². The van der Waals surface area contributed by atoms with Gasteiger partial charge in [0, 0.05) is 5.39 Å². The minimum Gasteiger partial charge on any atom is -0.478 e. The van der Waals surface area contributed by atoms with Crippen molar-refractivity contribution >= 4 is 22.7 Å². The van der Waals surface area contributed by atoms with Crippen LogP contribution in [0.5, 0.6) is 0 Å². The first kappa shape index (κ1) is 12.8. The summed E-state index contributed by atoms with van der Waals surface area (Å²) in [6.07, 6.45) is 2.15. The predicted octanol–water partition coefficient (Wildman–Crippen LogP) is 2.96. The van der Waals surface area contributed by atoms with E-state index in [9.17, 15) is 14.7 Å². The zero-order chi connectivity index (χ0) is 14.0. The van der Waals surface area contributed by atoms with Crippen LogP contribution in [0.2, 0.25) is 0 Å². The summed E-state index contributed by atoms with van der Waals surface area (Å²) in [5.74, 6) is -2.14. The lowest BCUT2D eigenvalue weighted by Gasteiger charge is -2.10. The summed E-state index contributed by atoms with van der Waals surface area (Å²) in [6, 6.07) is 7.78. The van der Waals surface area contributed by atoms with Gasteiger partial charge < -0.3 is 10.2 Å². The second-order valence-corrected chi connectivity index (χ2v) is 4.10. The van der Waals surface area contributed by atoms with Gasteiger partial charge in [0.1, 0.15) is 0 Å². The van der Waals surface area contributed by atoms with Gasteiger partial charge in [-0.15, -0.1) is 6.58 Å². The van der Waals surface area contributed by atoms with Crippen LogP contribution in [0.4, 0.5) is 0 Å². The summed E-state index contributed by atoms with van der Waals surface area (Å²) in [4.78, 5) is 22.5. The molecule has 0 atom stereocenters. The van der Waals surface area contributed by atoms with Gasteiger partial charge in [-0.2, -0.15) is 0 Å². The van der Waals surface area contributed by atoms with Gasteiger partial charge >= 0.3 is 11.9 Å². The maximum absolute atomic E-state index is 11.3. The summed E-state index contributed by atoms with van der Waals surface area (Å²) in [5.41, 5.74) is 0.969. The van der Waals surface area contributed by atoms with Crippen LogP contribution in [0.25, 0.3) is 10.8 Å². The molecule has 4 nitrogen and oxygen atoms in total. The molecular formula is C15H12O4. The highest BCUT2D eigenvalue weighted by atomic mass is 16.4. The van der Waals surface area contributed by atoms with Gasteiger partial charge in [0.2, 0.25) is 0 Å². The second kappa shape index (κ2) is 4.94. The van der Waals surface area contributed by atoms with Crippen LogP contribution in [0.15, 0.2) is 43.0 Å². The van der Waals surface area contributed by atoms with Crippen LogP contribution >= 0.6 is 0 Å². The van der Waals surface area contributed by atoms with Crippen molar-refractivity contribution in [3.8, 4) is 0 Å². The number of allylic oxidation sites excluding steroid dienone is 1. The first-order valence-corrected chi connectivity index (χ1v) is 5.68. The first-order chi connectivity index (χ1) is 9.06. The Balaban J connectivity index is 2.92. The van der Waals surface area contributed by atoms with E-state index in [1.807, 2.05) is 0 Å². The number of carboxylic acids is 2. The number of rotatable bonds is 4. The van der Waals surface area contributed by atoms with E-state index in [4.69, 9.17) is 5.11 Å². The number of hydrogen-bond acceptors (Lipinski definition) is 2. The molecule has 0 aliphatic rings. The maximum atomic E-state index is 11.3. The molecule has 0 unspecified atom stereocenters. The molecule has 4 heteroatoms. The lowest BCUT2D eigenvalue weighted by molar-refractivity contribution is 0.0686. The fourth-order valence-electron chi connectivity index (χ4n) is 2.17. The molecule has 0 bridgehead atoms. The van der Waals surface area contributed by atoms with E-state index < -0.39 is 11.9 Å². The highest BCUT2D eigenvalue weighted by Crippen LogP contribution is 2.27. The molecule has 0 heterocycles. The highest BCUT2D eigenvalue weighted by Gasteiger charge is 2.16. The van der Waals surface area contributed by atoms with Crippen molar-refractivity contribution in [2.45, 2.75) is 6.42 Å². The van der Waals surface area contributed by atoms with E-state index in [2.05, 4.69) is 6.58 Å². The molecule has 0 aliphatic heterocycles. The van der Waals surface area contributed by atoms with Gasteiger partial charge in [0.15, 0.2) is 0 Å². The zero-order valence-corrected chi connectivity index (χ0v) is 10.1. The quantitative estimate of drug-likeness (QED) is 0.825. The summed E-state index contributed by atoms with van der Waals surface area (Å²) < 4.78 is 0. The number of carbonyl (C=O) groups is 2. The van der Waals surface area contributed by atoms with Crippen molar-refractivity contribution in [1.29, 1.82) is 0 Å². The fraction of sp³-hybridized carbons (Fsp3) is 0.0667. The molecule has 0 fully saturated rings. The average Bonchev–Trinajstić information content (AvgIpc) is 2.38. The Kier molecular flexibility index (Phi) is 3.33. The predicted molar refractivity (Wildman–Crippen MR) is 71.8 cm³/mol. The van der Waals surface area contributed by atoms with Crippen LogP contribution in [-0.2, 0) is 6.42 Å². The Morgan fingerprint density at radius 1 is 1.05 bits per heavy atom. The van der Waals surface area contributed by atoms with Crippen molar-refractivity contribution in [2.75, 3.05) is 0 Å². The van der Waals surface area contributed by atoms with E-state index >= 15 is 0 Å². The Morgan fingerprint density at radius 2 is 1.74 bits per heavy atom. The molecule has 0 aliphatic carbocycles. The largest absolute Gasteiger partial charge is 0.478 e. The molecule has 0 radical (unpaired) electrons. The summed E-state index contributed by atoms with van der Waals surface area (Å²) in [7, 11) is 0. The molecule has 0 amide bonds. The fourth-order valence-corrected chi connectivity index (χ4v) is 2.17. The van der Waals surface area contributed by atoms with Crippen molar-refractivity contribution < 1.29 is 19.8 Å². The molecule has 19 heavy (non-hydrogen) atoms. The third-order valence-electron chi connectivity index (χ3n) is 2.95. The van der Waals surface area contributed by atoms with E-state index in [1.54, 1.807) is 24.3 Å². The number of benzene rings is 2. The van der Waals surface area contributed by atoms with Crippen molar-refractivity contribution in [1.82, 2.24) is 0 Å². The summed E-state index contributed by atoms with van der Waals surface area (Å²) in [5, 5.41) is 19.3. The zero-order valence-electron chi connectivity index (χ0n) is 10.1. The molecule has 2 rings (SSSR count). The van der Waals surface area contributed by atoms with Gasteiger partial charge in [-0.1, -0.05) is 24.3 Å². The summed E-state index contributed by atoms with van der Waals surface area (Å²) in [6.45, 7) is 3.63. The highest BCUT2D eigenvalue weighted by molar-refractivity contribution is 6.11. The van der Waals surface area contributed by atoms with Crippen LogP contribution in [-0.4, -0.2) is 22.2 Å². The molecule has 0 spiro atoms. The third kappa shape index (κ3) is 2.20. The molecular weight excluding hydrogens is 244 g/mol.